The molecular weight excluding hydrogens is 260 g/mol. The van der Waals surface area contributed by atoms with Crippen LogP contribution in [0.5, 0.6) is 0 Å². The minimum Gasteiger partial charge on any atom is -0.392 e. The number of amides is 1. The molecule has 0 radical (unpaired) electrons. The average Bonchev–Trinajstić information content (AvgIpc) is 2.37. The van der Waals surface area contributed by atoms with Crippen LogP contribution < -0.4 is 11.1 Å². The van der Waals surface area contributed by atoms with Crippen molar-refractivity contribution in [1.29, 1.82) is 0 Å². The second-order valence-corrected chi connectivity index (χ2v) is 5.42. The zero-order chi connectivity index (χ0) is 14.9. The monoisotopic (exact) mass is 288 g/mol. The average molecular weight is 288 g/mol. The van der Waals surface area contributed by atoms with Crippen molar-refractivity contribution in [2.75, 3.05) is 13.7 Å². The zero-order valence-electron chi connectivity index (χ0n) is 12.6. The van der Waals surface area contributed by atoms with Gasteiger partial charge in [0.1, 0.15) is 0 Å². The highest BCUT2D eigenvalue weighted by Crippen LogP contribution is 2.31. The summed E-state index contributed by atoms with van der Waals surface area (Å²) in [5.74, 6) is -0.0485. The number of carbonyl (C=O) groups excluding carboxylic acids is 1. The van der Waals surface area contributed by atoms with Crippen molar-refractivity contribution in [2.24, 2.45) is 11.1 Å². The number of nitrogens with two attached hydrogens (primary N) is 1. The van der Waals surface area contributed by atoms with E-state index in [0.29, 0.717) is 24.4 Å². The Morgan fingerprint density at radius 2 is 1.84 bits per heavy atom. The predicted octanol–water partition coefficient (Wildman–Crippen LogP) is 2.40. The highest BCUT2D eigenvalue weighted by molar-refractivity contribution is 7.80. The Morgan fingerprint density at radius 1 is 1.32 bits per heavy atom. The van der Waals surface area contributed by atoms with E-state index in [1.165, 1.54) is 0 Å². The summed E-state index contributed by atoms with van der Waals surface area (Å²) in [5, 5.41) is 3.03. The van der Waals surface area contributed by atoms with Crippen molar-refractivity contribution >= 4 is 23.1 Å². The van der Waals surface area contributed by atoms with Gasteiger partial charge in [-0.25, -0.2) is 0 Å². The normalized spacial score (nSPS) is 13.1. The third-order valence-corrected chi connectivity index (χ3v) is 3.85. The van der Waals surface area contributed by atoms with E-state index in [2.05, 4.69) is 5.32 Å². The van der Waals surface area contributed by atoms with Gasteiger partial charge in [0.25, 0.3) is 0 Å². The van der Waals surface area contributed by atoms with Gasteiger partial charge in [0, 0.05) is 7.11 Å². The van der Waals surface area contributed by atoms with Gasteiger partial charge in [0.2, 0.25) is 5.91 Å². The van der Waals surface area contributed by atoms with E-state index < -0.39 is 5.41 Å². The number of rotatable bonds is 10. The summed E-state index contributed by atoms with van der Waals surface area (Å²) in [6.07, 6.45) is 3.99. The lowest BCUT2D eigenvalue weighted by Crippen LogP contribution is -2.52. The molecule has 0 spiro atoms. The van der Waals surface area contributed by atoms with Crippen LogP contribution in [0.4, 0.5) is 0 Å². The van der Waals surface area contributed by atoms with Gasteiger partial charge in [0.05, 0.1) is 23.1 Å². The van der Waals surface area contributed by atoms with E-state index in [0.717, 1.165) is 19.3 Å². The lowest BCUT2D eigenvalue weighted by molar-refractivity contribution is -0.129. The standard InChI is InChI=1S/C14H28N2O2S/c1-5-8-14(9-6-2,12(15)19)13(17)16-11(7-3)10-18-4/h11H,5-10H2,1-4H3,(H2,15,19)(H,16,17). The third kappa shape index (κ3) is 5.07. The van der Waals surface area contributed by atoms with Gasteiger partial charge in [-0.05, 0) is 19.3 Å². The molecule has 0 aliphatic rings. The van der Waals surface area contributed by atoms with Crippen LogP contribution in [0.15, 0.2) is 0 Å². The summed E-state index contributed by atoms with van der Waals surface area (Å²) >= 11 is 5.18. The molecule has 0 aromatic heterocycles. The molecule has 1 unspecified atom stereocenters. The smallest absolute Gasteiger partial charge is 0.233 e. The maximum Gasteiger partial charge on any atom is 0.233 e. The fraction of sp³-hybridized carbons (Fsp3) is 0.857. The Balaban J connectivity index is 5.02. The van der Waals surface area contributed by atoms with Gasteiger partial charge in [-0.3, -0.25) is 4.79 Å². The first kappa shape index (κ1) is 18.3. The van der Waals surface area contributed by atoms with Crippen LogP contribution in [0.3, 0.4) is 0 Å². The van der Waals surface area contributed by atoms with Crippen molar-refractivity contribution in [3.63, 3.8) is 0 Å². The molecule has 0 fully saturated rings. The van der Waals surface area contributed by atoms with Gasteiger partial charge < -0.3 is 15.8 Å². The van der Waals surface area contributed by atoms with Gasteiger partial charge >= 0.3 is 0 Å². The lowest BCUT2D eigenvalue weighted by Gasteiger charge is -2.32. The number of ether oxygens (including phenoxy) is 1. The number of methoxy groups -OCH3 is 1. The van der Waals surface area contributed by atoms with Crippen molar-refractivity contribution in [3.8, 4) is 0 Å². The van der Waals surface area contributed by atoms with Crippen molar-refractivity contribution < 1.29 is 9.53 Å². The lowest BCUT2D eigenvalue weighted by atomic mass is 9.78. The Labute approximate surface area is 122 Å². The third-order valence-electron chi connectivity index (χ3n) is 3.46. The molecule has 0 aliphatic heterocycles. The van der Waals surface area contributed by atoms with Crippen LogP contribution in [0.2, 0.25) is 0 Å². The minimum atomic E-state index is -0.708. The molecule has 112 valence electrons. The molecular formula is C14H28N2O2S. The van der Waals surface area contributed by atoms with Crippen LogP contribution in [0.1, 0.15) is 52.9 Å². The number of hydrogen-bond donors (Lipinski definition) is 2. The molecule has 0 aromatic carbocycles. The SMILES string of the molecule is CCCC(CCC)(C(=O)NC(CC)COC)C(N)=S. The molecule has 4 nitrogen and oxygen atoms in total. The van der Waals surface area contributed by atoms with E-state index in [4.69, 9.17) is 22.7 Å². The first-order valence-electron chi connectivity index (χ1n) is 7.08. The quantitative estimate of drug-likeness (QED) is 0.606. The maximum absolute atomic E-state index is 12.6. The molecule has 0 aliphatic carbocycles. The maximum atomic E-state index is 12.6. The van der Waals surface area contributed by atoms with E-state index in [-0.39, 0.29) is 11.9 Å². The van der Waals surface area contributed by atoms with Gasteiger partial charge in [0.15, 0.2) is 0 Å². The summed E-state index contributed by atoms with van der Waals surface area (Å²) in [7, 11) is 1.63. The number of thiocarbonyl (C=S) groups is 1. The minimum absolute atomic E-state index is 0.0138. The summed E-state index contributed by atoms with van der Waals surface area (Å²) in [5.41, 5.74) is 5.17. The van der Waals surface area contributed by atoms with E-state index in [1.54, 1.807) is 7.11 Å². The summed E-state index contributed by atoms with van der Waals surface area (Å²) < 4.78 is 5.11. The van der Waals surface area contributed by atoms with E-state index >= 15 is 0 Å². The van der Waals surface area contributed by atoms with Crippen LogP contribution in [0.25, 0.3) is 0 Å². The van der Waals surface area contributed by atoms with Crippen LogP contribution in [-0.2, 0) is 9.53 Å². The van der Waals surface area contributed by atoms with Crippen LogP contribution >= 0.6 is 12.2 Å². The molecule has 1 atom stereocenters. The van der Waals surface area contributed by atoms with Crippen LogP contribution in [-0.4, -0.2) is 30.7 Å². The van der Waals surface area contributed by atoms with Gasteiger partial charge in [-0.1, -0.05) is 45.8 Å². The second-order valence-electron chi connectivity index (χ2n) is 4.98. The molecule has 0 saturated carbocycles. The predicted molar refractivity (Wildman–Crippen MR) is 83.1 cm³/mol. The molecule has 0 aromatic rings. The molecule has 3 N–H and O–H groups in total. The topological polar surface area (TPSA) is 64.3 Å². The molecule has 0 bridgehead atoms. The molecule has 19 heavy (non-hydrogen) atoms. The highest BCUT2D eigenvalue weighted by atomic mass is 32.1. The molecule has 0 saturated heterocycles. The molecule has 1 amide bonds. The van der Waals surface area contributed by atoms with Crippen molar-refractivity contribution in [1.82, 2.24) is 5.32 Å². The fourth-order valence-corrected chi connectivity index (χ4v) is 2.65. The molecule has 5 heteroatoms. The van der Waals surface area contributed by atoms with Crippen molar-refractivity contribution in [3.05, 3.63) is 0 Å². The number of carbonyl (C=O) groups is 1. The van der Waals surface area contributed by atoms with Gasteiger partial charge in [-0.15, -0.1) is 0 Å². The Hall–Kier alpha value is -0.680. The van der Waals surface area contributed by atoms with E-state index in [9.17, 15) is 4.79 Å². The summed E-state index contributed by atoms with van der Waals surface area (Å²) in [4.78, 5) is 12.9. The zero-order valence-corrected chi connectivity index (χ0v) is 13.4. The fourth-order valence-electron chi connectivity index (χ4n) is 2.35. The Kier molecular flexibility index (Phi) is 8.93. The number of nitrogens with one attached hydrogen (secondary N) is 1. The number of hydrogen-bond acceptors (Lipinski definition) is 3. The molecule has 0 heterocycles. The van der Waals surface area contributed by atoms with Crippen LogP contribution in [0, 0.1) is 5.41 Å². The second kappa shape index (κ2) is 9.26. The first-order valence-corrected chi connectivity index (χ1v) is 7.49. The highest BCUT2D eigenvalue weighted by Gasteiger charge is 2.40. The molecule has 0 rings (SSSR count). The van der Waals surface area contributed by atoms with E-state index in [1.807, 2.05) is 20.8 Å². The van der Waals surface area contributed by atoms with Crippen molar-refractivity contribution in [2.45, 2.75) is 58.9 Å². The largest absolute Gasteiger partial charge is 0.392 e. The Bertz CT molecular complexity index is 289. The Morgan fingerprint density at radius 3 is 2.16 bits per heavy atom. The summed E-state index contributed by atoms with van der Waals surface area (Å²) in [6.45, 7) is 6.62. The first-order chi connectivity index (χ1) is 8.98. The summed E-state index contributed by atoms with van der Waals surface area (Å²) in [6, 6.07) is 0.0138. The van der Waals surface area contributed by atoms with Gasteiger partial charge in [-0.2, -0.15) is 0 Å².